The van der Waals surface area contributed by atoms with Gasteiger partial charge in [0.1, 0.15) is 11.3 Å². The molecule has 3 aromatic rings. The SMILES string of the molecule is COc1ccc2c(C)c(CCC(=O)NCc3ccc(S(=O)(=O)N(C)C(C)C)cc3)c(=O)oc2c1. The molecule has 0 radical (unpaired) electrons. The molecule has 0 aliphatic heterocycles. The molecule has 3 rings (SSSR count). The van der Waals surface area contributed by atoms with Crippen molar-refractivity contribution in [2.24, 2.45) is 0 Å². The van der Waals surface area contributed by atoms with E-state index < -0.39 is 15.6 Å². The zero-order chi connectivity index (χ0) is 25.0. The van der Waals surface area contributed by atoms with Gasteiger partial charge < -0.3 is 14.5 Å². The summed E-state index contributed by atoms with van der Waals surface area (Å²) in [4.78, 5) is 25.0. The summed E-state index contributed by atoms with van der Waals surface area (Å²) in [5.41, 5.74) is 2.01. The largest absolute Gasteiger partial charge is 0.497 e. The van der Waals surface area contributed by atoms with Crippen LogP contribution in [0.1, 0.15) is 37.0 Å². The maximum atomic E-state index is 12.6. The molecular weight excluding hydrogens is 456 g/mol. The molecule has 0 atom stereocenters. The van der Waals surface area contributed by atoms with E-state index in [2.05, 4.69) is 5.32 Å². The Kier molecular flexibility index (Phi) is 7.78. The summed E-state index contributed by atoms with van der Waals surface area (Å²) in [7, 11) is -0.466. The topological polar surface area (TPSA) is 106 Å². The first kappa shape index (κ1) is 25.5. The maximum Gasteiger partial charge on any atom is 0.339 e. The first-order chi connectivity index (χ1) is 16.0. The van der Waals surface area contributed by atoms with E-state index in [1.165, 1.54) is 16.4 Å². The molecular formula is C25H30N2O6S. The van der Waals surface area contributed by atoms with Crippen molar-refractivity contribution in [2.45, 2.75) is 51.1 Å². The number of fused-ring (bicyclic) bond motifs is 1. The number of benzene rings is 2. The van der Waals surface area contributed by atoms with Crippen molar-refractivity contribution in [3.8, 4) is 5.75 Å². The molecule has 0 saturated carbocycles. The number of methoxy groups -OCH3 is 1. The molecule has 0 fully saturated rings. The van der Waals surface area contributed by atoms with E-state index in [1.54, 1.807) is 38.4 Å². The maximum absolute atomic E-state index is 12.6. The van der Waals surface area contributed by atoms with Crippen LogP contribution in [0.2, 0.25) is 0 Å². The summed E-state index contributed by atoms with van der Waals surface area (Å²) in [6.45, 7) is 5.71. The van der Waals surface area contributed by atoms with Gasteiger partial charge in [0.2, 0.25) is 15.9 Å². The lowest BCUT2D eigenvalue weighted by Gasteiger charge is -2.21. The van der Waals surface area contributed by atoms with E-state index in [0.29, 0.717) is 16.9 Å². The van der Waals surface area contributed by atoms with Crippen molar-refractivity contribution >= 4 is 26.9 Å². The highest BCUT2D eigenvalue weighted by Crippen LogP contribution is 2.24. The average Bonchev–Trinajstić information content (AvgIpc) is 2.81. The highest BCUT2D eigenvalue weighted by atomic mass is 32.2. The van der Waals surface area contributed by atoms with Crippen molar-refractivity contribution in [1.29, 1.82) is 0 Å². The van der Waals surface area contributed by atoms with Gasteiger partial charge in [-0.25, -0.2) is 13.2 Å². The number of rotatable bonds is 9. The second-order valence-electron chi connectivity index (χ2n) is 8.39. The number of nitrogens with zero attached hydrogens (tertiary/aromatic N) is 1. The van der Waals surface area contributed by atoms with Crippen LogP contribution in [0, 0.1) is 6.92 Å². The van der Waals surface area contributed by atoms with Gasteiger partial charge in [-0.15, -0.1) is 0 Å². The molecule has 1 amide bonds. The zero-order valence-corrected chi connectivity index (χ0v) is 20.9. The highest BCUT2D eigenvalue weighted by Gasteiger charge is 2.22. The fraction of sp³-hybridized carbons (Fsp3) is 0.360. The lowest BCUT2D eigenvalue weighted by atomic mass is 10.0. The third kappa shape index (κ3) is 5.48. The van der Waals surface area contributed by atoms with E-state index in [-0.39, 0.29) is 36.2 Å². The number of hydrogen-bond acceptors (Lipinski definition) is 6. The highest BCUT2D eigenvalue weighted by molar-refractivity contribution is 7.89. The lowest BCUT2D eigenvalue weighted by Crippen LogP contribution is -2.33. The van der Waals surface area contributed by atoms with Crippen LogP contribution in [-0.2, 0) is 27.8 Å². The minimum absolute atomic E-state index is 0.124. The second-order valence-corrected chi connectivity index (χ2v) is 10.4. The number of nitrogens with one attached hydrogen (secondary N) is 1. The molecule has 182 valence electrons. The Morgan fingerprint density at radius 1 is 1.15 bits per heavy atom. The molecule has 9 heteroatoms. The number of carbonyl (C=O) groups excluding carboxylic acids is 1. The monoisotopic (exact) mass is 486 g/mol. The number of carbonyl (C=O) groups is 1. The number of amides is 1. The predicted molar refractivity (Wildman–Crippen MR) is 130 cm³/mol. The zero-order valence-electron chi connectivity index (χ0n) is 20.0. The van der Waals surface area contributed by atoms with Crippen LogP contribution in [0.3, 0.4) is 0 Å². The summed E-state index contributed by atoms with van der Waals surface area (Å²) in [6.07, 6.45) is 0.375. The smallest absolute Gasteiger partial charge is 0.339 e. The Bertz CT molecular complexity index is 1340. The van der Waals surface area contributed by atoms with E-state index in [4.69, 9.17) is 9.15 Å². The van der Waals surface area contributed by atoms with Crippen molar-refractivity contribution in [3.63, 3.8) is 0 Å². The Morgan fingerprint density at radius 3 is 2.44 bits per heavy atom. The van der Waals surface area contributed by atoms with Crippen LogP contribution in [0.4, 0.5) is 0 Å². The standard InChI is InChI=1S/C25H30N2O6S/c1-16(2)27(4)34(30,31)20-9-6-18(7-10-20)15-26-24(28)13-12-22-17(3)21-11-8-19(32-5)14-23(21)33-25(22)29/h6-11,14,16H,12-13,15H2,1-5H3,(H,26,28). The third-order valence-corrected chi connectivity index (χ3v) is 7.96. The van der Waals surface area contributed by atoms with E-state index in [0.717, 1.165) is 16.5 Å². The van der Waals surface area contributed by atoms with Gasteiger partial charge in [-0.3, -0.25) is 4.79 Å². The third-order valence-electron chi connectivity index (χ3n) is 5.91. The van der Waals surface area contributed by atoms with Gasteiger partial charge in [-0.1, -0.05) is 12.1 Å². The van der Waals surface area contributed by atoms with E-state index >= 15 is 0 Å². The second kappa shape index (κ2) is 10.4. The van der Waals surface area contributed by atoms with Gasteiger partial charge in [0.05, 0.1) is 12.0 Å². The van der Waals surface area contributed by atoms with Crippen molar-refractivity contribution in [3.05, 3.63) is 69.6 Å². The summed E-state index contributed by atoms with van der Waals surface area (Å²) < 4.78 is 37.0. The molecule has 1 heterocycles. The van der Waals surface area contributed by atoms with Gasteiger partial charge in [-0.2, -0.15) is 4.31 Å². The first-order valence-corrected chi connectivity index (χ1v) is 12.4. The minimum atomic E-state index is -3.55. The van der Waals surface area contributed by atoms with Gasteiger partial charge in [-0.05, 0) is 62.6 Å². The Balaban J connectivity index is 1.62. The fourth-order valence-corrected chi connectivity index (χ4v) is 4.91. The minimum Gasteiger partial charge on any atom is -0.497 e. The van der Waals surface area contributed by atoms with Crippen LogP contribution in [0.5, 0.6) is 5.75 Å². The number of sulfonamides is 1. The van der Waals surface area contributed by atoms with Crippen molar-refractivity contribution in [2.75, 3.05) is 14.2 Å². The summed E-state index contributed by atoms with van der Waals surface area (Å²) in [5, 5.41) is 3.61. The molecule has 0 saturated heterocycles. The Hall–Kier alpha value is -3.17. The van der Waals surface area contributed by atoms with E-state index in [1.807, 2.05) is 26.8 Å². The van der Waals surface area contributed by atoms with Crippen LogP contribution in [0.15, 0.2) is 56.6 Å². The number of aryl methyl sites for hydroxylation is 1. The first-order valence-electron chi connectivity index (χ1n) is 11.0. The van der Waals surface area contributed by atoms with Crippen LogP contribution >= 0.6 is 0 Å². The fourth-order valence-electron chi connectivity index (χ4n) is 3.54. The number of hydrogen-bond donors (Lipinski definition) is 1. The number of ether oxygens (including phenoxy) is 1. The van der Waals surface area contributed by atoms with Crippen LogP contribution < -0.4 is 15.7 Å². The van der Waals surface area contributed by atoms with E-state index in [9.17, 15) is 18.0 Å². The van der Waals surface area contributed by atoms with Gasteiger partial charge >= 0.3 is 5.63 Å². The molecule has 1 aromatic heterocycles. The quantitative estimate of drug-likeness (QED) is 0.465. The molecule has 0 unspecified atom stereocenters. The molecule has 0 bridgehead atoms. The molecule has 0 aliphatic rings. The Morgan fingerprint density at radius 2 is 1.82 bits per heavy atom. The summed E-state index contributed by atoms with van der Waals surface area (Å²) in [6, 6.07) is 11.6. The van der Waals surface area contributed by atoms with Crippen LogP contribution in [0.25, 0.3) is 11.0 Å². The van der Waals surface area contributed by atoms with Crippen LogP contribution in [-0.4, -0.2) is 38.8 Å². The summed E-state index contributed by atoms with van der Waals surface area (Å²) >= 11 is 0. The molecule has 0 spiro atoms. The normalized spacial score (nSPS) is 11.9. The predicted octanol–water partition coefficient (Wildman–Crippen LogP) is 3.39. The van der Waals surface area contributed by atoms with Gasteiger partial charge in [0.25, 0.3) is 0 Å². The lowest BCUT2D eigenvalue weighted by molar-refractivity contribution is -0.121. The van der Waals surface area contributed by atoms with Crippen molar-refractivity contribution < 1.29 is 22.4 Å². The Labute approximate surface area is 199 Å². The molecule has 8 nitrogen and oxygen atoms in total. The van der Waals surface area contributed by atoms with Gasteiger partial charge in [0, 0.05) is 43.1 Å². The van der Waals surface area contributed by atoms with Crippen molar-refractivity contribution in [1.82, 2.24) is 9.62 Å². The average molecular weight is 487 g/mol. The molecule has 0 aliphatic carbocycles. The molecule has 34 heavy (non-hydrogen) atoms. The summed E-state index contributed by atoms with van der Waals surface area (Å²) in [5.74, 6) is 0.379. The van der Waals surface area contributed by atoms with Gasteiger partial charge in [0.15, 0.2) is 0 Å². The molecule has 2 aromatic carbocycles. The molecule has 1 N–H and O–H groups in total.